The molecule has 62 valence electrons. The van der Waals surface area contributed by atoms with Crippen LogP contribution in [0.25, 0.3) is 0 Å². The average molecular weight is 154 g/mol. The van der Waals surface area contributed by atoms with Gasteiger partial charge in [-0.1, -0.05) is 13.3 Å². The molecule has 0 bridgehead atoms. The van der Waals surface area contributed by atoms with Gasteiger partial charge >= 0.3 is 0 Å². The SMILES string of the molecule is CCCCn1c(C)nnc1N. The second-order valence-electron chi connectivity index (χ2n) is 2.61. The molecule has 0 amide bonds. The molecule has 1 heterocycles. The van der Waals surface area contributed by atoms with Crippen molar-refractivity contribution in [2.45, 2.75) is 33.2 Å². The Bertz CT molecular complexity index is 209. The summed E-state index contributed by atoms with van der Waals surface area (Å²) in [5.74, 6) is 1.42. The zero-order valence-electron chi connectivity index (χ0n) is 7.04. The molecule has 1 rings (SSSR count). The molecule has 4 heteroatoms. The van der Waals surface area contributed by atoms with Crippen LogP contribution in [0.2, 0.25) is 0 Å². The van der Waals surface area contributed by atoms with Crippen molar-refractivity contribution < 1.29 is 0 Å². The van der Waals surface area contributed by atoms with E-state index in [9.17, 15) is 0 Å². The summed E-state index contributed by atoms with van der Waals surface area (Å²) in [5.41, 5.74) is 5.57. The number of rotatable bonds is 3. The van der Waals surface area contributed by atoms with Gasteiger partial charge in [-0.15, -0.1) is 10.2 Å². The molecule has 11 heavy (non-hydrogen) atoms. The van der Waals surface area contributed by atoms with Crippen LogP contribution in [0.4, 0.5) is 5.95 Å². The molecule has 0 atom stereocenters. The first-order chi connectivity index (χ1) is 5.25. The lowest BCUT2D eigenvalue weighted by atomic mass is 10.3. The van der Waals surface area contributed by atoms with Crippen molar-refractivity contribution in [2.24, 2.45) is 0 Å². The highest BCUT2D eigenvalue weighted by Crippen LogP contribution is 2.04. The first-order valence-corrected chi connectivity index (χ1v) is 3.91. The van der Waals surface area contributed by atoms with Crippen LogP contribution in [0.15, 0.2) is 0 Å². The molecule has 1 aromatic rings. The maximum absolute atomic E-state index is 5.57. The summed E-state index contributed by atoms with van der Waals surface area (Å²) in [6.07, 6.45) is 2.29. The highest BCUT2D eigenvalue weighted by Gasteiger charge is 2.02. The molecule has 0 saturated carbocycles. The minimum absolute atomic E-state index is 0.524. The third-order valence-electron chi connectivity index (χ3n) is 1.70. The maximum atomic E-state index is 5.57. The molecule has 0 unspecified atom stereocenters. The minimum Gasteiger partial charge on any atom is -0.368 e. The van der Waals surface area contributed by atoms with Gasteiger partial charge in [-0.2, -0.15) is 0 Å². The number of anilines is 1. The van der Waals surface area contributed by atoms with Crippen LogP contribution >= 0.6 is 0 Å². The molecule has 0 aliphatic heterocycles. The number of aromatic nitrogens is 3. The van der Waals surface area contributed by atoms with Gasteiger partial charge < -0.3 is 5.73 Å². The van der Waals surface area contributed by atoms with E-state index in [0.717, 1.165) is 25.2 Å². The molecule has 0 saturated heterocycles. The van der Waals surface area contributed by atoms with E-state index < -0.39 is 0 Å². The van der Waals surface area contributed by atoms with E-state index in [1.54, 1.807) is 0 Å². The molecule has 2 N–H and O–H groups in total. The summed E-state index contributed by atoms with van der Waals surface area (Å²) in [6, 6.07) is 0. The molecule has 0 spiro atoms. The Balaban J connectivity index is 2.67. The van der Waals surface area contributed by atoms with Crippen LogP contribution in [-0.4, -0.2) is 14.8 Å². The molecule has 0 aliphatic carbocycles. The van der Waals surface area contributed by atoms with Crippen LogP contribution in [0.5, 0.6) is 0 Å². The number of nitrogens with zero attached hydrogens (tertiary/aromatic N) is 3. The Kier molecular flexibility index (Phi) is 2.46. The van der Waals surface area contributed by atoms with Crippen molar-refractivity contribution in [3.63, 3.8) is 0 Å². The predicted octanol–water partition coefficient (Wildman–Crippen LogP) is 0.969. The van der Waals surface area contributed by atoms with Crippen LogP contribution in [0, 0.1) is 6.92 Å². The van der Waals surface area contributed by atoms with Crippen molar-refractivity contribution in [3.8, 4) is 0 Å². The van der Waals surface area contributed by atoms with Crippen molar-refractivity contribution in [1.29, 1.82) is 0 Å². The number of nitrogen functional groups attached to an aromatic ring is 1. The lowest BCUT2D eigenvalue weighted by Crippen LogP contribution is -2.04. The van der Waals surface area contributed by atoms with Gasteiger partial charge in [0.15, 0.2) is 0 Å². The Morgan fingerprint density at radius 2 is 2.18 bits per heavy atom. The summed E-state index contributed by atoms with van der Waals surface area (Å²) in [7, 11) is 0. The number of nitrogens with two attached hydrogens (primary N) is 1. The molecule has 0 fully saturated rings. The molecular weight excluding hydrogens is 140 g/mol. The van der Waals surface area contributed by atoms with Crippen molar-refractivity contribution >= 4 is 5.95 Å². The molecule has 4 nitrogen and oxygen atoms in total. The van der Waals surface area contributed by atoms with Crippen LogP contribution in [-0.2, 0) is 6.54 Å². The molecule has 1 aromatic heterocycles. The summed E-state index contributed by atoms with van der Waals surface area (Å²) in [4.78, 5) is 0. The normalized spacial score (nSPS) is 10.4. The van der Waals surface area contributed by atoms with Crippen molar-refractivity contribution in [3.05, 3.63) is 5.82 Å². The molecule has 0 aromatic carbocycles. The highest BCUT2D eigenvalue weighted by atomic mass is 15.3. The fourth-order valence-corrected chi connectivity index (χ4v) is 0.990. The standard InChI is InChI=1S/C7H14N4/c1-3-4-5-11-6(2)9-10-7(11)8/h3-5H2,1-2H3,(H2,8,10). The van der Waals surface area contributed by atoms with Gasteiger partial charge in [0.25, 0.3) is 0 Å². The summed E-state index contributed by atoms with van der Waals surface area (Å²) in [5, 5.41) is 7.62. The van der Waals surface area contributed by atoms with E-state index in [-0.39, 0.29) is 0 Å². The van der Waals surface area contributed by atoms with E-state index in [2.05, 4.69) is 17.1 Å². The first kappa shape index (κ1) is 8.04. The Hall–Kier alpha value is -1.06. The zero-order valence-corrected chi connectivity index (χ0v) is 7.04. The molecular formula is C7H14N4. The zero-order chi connectivity index (χ0) is 8.27. The van der Waals surface area contributed by atoms with Crippen LogP contribution in [0.3, 0.4) is 0 Å². The van der Waals surface area contributed by atoms with Crippen molar-refractivity contribution in [2.75, 3.05) is 5.73 Å². The molecule has 0 radical (unpaired) electrons. The van der Waals surface area contributed by atoms with E-state index in [0.29, 0.717) is 5.95 Å². The van der Waals surface area contributed by atoms with Crippen molar-refractivity contribution in [1.82, 2.24) is 14.8 Å². The number of hydrogen-bond acceptors (Lipinski definition) is 3. The molecule has 0 aliphatic rings. The van der Waals surface area contributed by atoms with E-state index in [1.165, 1.54) is 0 Å². The van der Waals surface area contributed by atoms with Gasteiger partial charge in [-0.3, -0.25) is 4.57 Å². The van der Waals surface area contributed by atoms with E-state index >= 15 is 0 Å². The second-order valence-corrected chi connectivity index (χ2v) is 2.61. The van der Waals surface area contributed by atoms with Gasteiger partial charge in [0, 0.05) is 6.54 Å². The van der Waals surface area contributed by atoms with Gasteiger partial charge in [-0.05, 0) is 13.3 Å². The summed E-state index contributed by atoms with van der Waals surface area (Å²) in [6.45, 7) is 5.00. The topological polar surface area (TPSA) is 56.7 Å². The van der Waals surface area contributed by atoms with Crippen LogP contribution in [0.1, 0.15) is 25.6 Å². The first-order valence-electron chi connectivity index (χ1n) is 3.91. The number of unbranched alkanes of at least 4 members (excludes halogenated alkanes) is 1. The fraction of sp³-hybridized carbons (Fsp3) is 0.714. The lowest BCUT2D eigenvalue weighted by Gasteiger charge is -2.02. The second kappa shape index (κ2) is 3.37. The highest BCUT2D eigenvalue weighted by molar-refractivity contribution is 5.16. The summed E-state index contributed by atoms with van der Waals surface area (Å²) >= 11 is 0. The predicted molar refractivity (Wildman–Crippen MR) is 44.1 cm³/mol. The van der Waals surface area contributed by atoms with Gasteiger partial charge in [-0.25, -0.2) is 0 Å². The van der Waals surface area contributed by atoms with E-state index in [4.69, 9.17) is 5.73 Å². The third kappa shape index (κ3) is 1.69. The van der Waals surface area contributed by atoms with Gasteiger partial charge in [0.2, 0.25) is 5.95 Å². The van der Waals surface area contributed by atoms with Gasteiger partial charge in [0.1, 0.15) is 5.82 Å². The van der Waals surface area contributed by atoms with E-state index in [1.807, 2.05) is 11.5 Å². The largest absolute Gasteiger partial charge is 0.368 e. The van der Waals surface area contributed by atoms with Gasteiger partial charge in [0.05, 0.1) is 0 Å². The smallest absolute Gasteiger partial charge is 0.221 e. The Labute approximate surface area is 66.4 Å². The average Bonchev–Trinajstić information content (AvgIpc) is 2.29. The summed E-state index contributed by atoms with van der Waals surface area (Å²) < 4.78 is 1.93. The fourth-order valence-electron chi connectivity index (χ4n) is 0.990. The quantitative estimate of drug-likeness (QED) is 0.705. The Morgan fingerprint density at radius 1 is 1.45 bits per heavy atom. The third-order valence-corrected chi connectivity index (χ3v) is 1.70. The van der Waals surface area contributed by atoms with Crippen LogP contribution < -0.4 is 5.73 Å². The monoisotopic (exact) mass is 154 g/mol. The Morgan fingerprint density at radius 3 is 2.64 bits per heavy atom. The number of aryl methyl sites for hydroxylation is 1. The lowest BCUT2D eigenvalue weighted by molar-refractivity contribution is 0.622. The minimum atomic E-state index is 0.524. The maximum Gasteiger partial charge on any atom is 0.221 e. The number of hydrogen-bond donors (Lipinski definition) is 1.